The van der Waals surface area contributed by atoms with Gasteiger partial charge in [0.25, 0.3) is 0 Å². The maximum Gasteiger partial charge on any atom is 0.227 e. The number of benzene rings is 2. The van der Waals surface area contributed by atoms with E-state index in [1.807, 2.05) is 45.2 Å². The van der Waals surface area contributed by atoms with E-state index in [9.17, 15) is 4.79 Å². The van der Waals surface area contributed by atoms with E-state index in [4.69, 9.17) is 5.73 Å². The van der Waals surface area contributed by atoms with Gasteiger partial charge in [0.05, 0.1) is 6.42 Å². The first-order valence-corrected chi connectivity index (χ1v) is 7.10. The van der Waals surface area contributed by atoms with Gasteiger partial charge in [-0.25, -0.2) is 0 Å². The molecule has 2 aromatic rings. The van der Waals surface area contributed by atoms with Crippen LogP contribution >= 0.6 is 0 Å². The molecule has 0 aliphatic heterocycles. The zero-order chi connectivity index (χ0) is 15.4. The number of rotatable bonds is 4. The van der Waals surface area contributed by atoms with Gasteiger partial charge in [-0.1, -0.05) is 35.9 Å². The van der Waals surface area contributed by atoms with Crippen LogP contribution in [0.1, 0.15) is 22.3 Å². The van der Waals surface area contributed by atoms with Gasteiger partial charge in [0.2, 0.25) is 5.91 Å². The van der Waals surface area contributed by atoms with Gasteiger partial charge >= 0.3 is 0 Å². The van der Waals surface area contributed by atoms with Gasteiger partial charge in [0, 0.05) is 19.3 Å². The van der Waals surface area contributed by atoms with Gasteiger partial charge in [-0.15, -0.1) is 0 Å². The highest BCUT2D eigenvalue weighted by Crippen LogP contribution is 2.14. The maximum absolute atomic E-state index is 12.4. The molecule has 3 heteroatoms. The molecule has 1 amide bonds. The molecule has 21 heavy (non-hydrogen) atoms. The van der Waals surface area contributed by atoms with Gasteiger partial charge < -0.3 is 10.6 Å². The second kappa shape index (κ2) is 6.44. The highest BCUT2D eigenvalue weighted by Gasteiger charge is 2.12. The number of hydrogen-bond donors (Lipinski definition) is 1. The molecule has 3 nitrogen and oxygen atoms in total. The molecule has 0 aliphatic rings. The summed E-state index contributed by atoms with van der Waals surface area (Å²) in [5, 5.41) is 0. The molecule has 0 spiro atoms. The molecule has 2 N–H and O–H groups in total. The summed E-state index contributed by atoms with van der Waals surface area (Å²) < 4.78 is 0. The van der Waals surface area contributed by atoms with Crippen LogP contribution in [0.2, 0.25) is 0 Å². The zero-order valence-corrected chi connectivity index (χ0v) is 12.9. The third-order valence-corrected chi connectivity index (χ3v) is 3.64. The number of nitrogens with zero attached hydrogens (tertiary/aromatic N) is 1. The lowest BCUT2D eigenvalue weighted by atomic mass is 10.0. The molecular formula is C18H22N2O. The molecular weight excluding hydrogens is 260 g/mol. The molecule has 0 fully saturated rings. The second-order valence-electron chi connectivity index (χ2n) is 5.60. The van der Waals surface area contributed by atoms with Crippen molar-refractivity contribution < 1.29 is 4.79 Å². The summed E-state index contributed by atoms with van der Waals surface area (Å²) in [6.45, 7) is 4.67. The van der Waals surface area contributed by atoms with Gasteiger partial charge in [-0.2, -0.15) is 0 Å². The number of hydrogen-bond acceptors (Lipinski definition) is 2. The Hall–Kier alpha value is -2.29. The van der Waals surface area contributed by atoms with Gasteiger partial charge in [-0.3, -0.25) is 4.79 Å². The minimum atomic E-state index is 0.117. The van der Waals surface area contributed by atoms with E-state index in [2.05, 4.69) is 18.2 Å². The van der Waals surface area contributed by atoms with Crippen molar-refractivity contribution in [3.63, 3.8) is 0 Å². The van der Waals surface area contributed by atoms with Crippen LogP contribution < -0.4 is 5.73 Å². The van der Waals surface area contributed by atoms with Crippen molar-refractivity contribution in [2.75, 3.05) is 12.8 Å². The van der Waals surface area contributed by atoms with Crippen molar-refractivity contribution in [1.29, 1.82) is 0 Å². The Balaban J connectivity index is 2.04. The lowest BCUT2D eigenvalue weighted by Gasteiger charge is -2.18. The number of anilines is 1. The SMILES string of the molecule is Cc1ccc(C)c(CC(=O)N(C)Cc2cccc(N)c2)c1. The molecule has 0 atom stereocenters. The Morgan fingerprint density at radius 1 is 1.14 bits per heavy atom. The Bertz CT molecular complexity index is 649. The van der Waals surface area contributed by atoms with Crippen LogP contribution in [0.4, 0.5) is 5.69 Å². The topological polar surface area (TPSA) is 46.3 Å². The smallest absolute Gasteiger partial charge is 0.227 e. The Morgan fingerprint density at radius 2 is 1.90 bits per heavy atom. The minimum Gasteiger partial charge on any atom is -0.399 e. The van der Waals surface area contributed by atoms with E-state index in [1.165, 1.54) is 5.56 Å². The van der Waals surface area contributed by atoms with Crippen LogP contribution in [0, 0.1) is 13.8 Å². The quantitative estimate of drug-likeness (QED) is 0.876. The Kier molecular flexibility index (Phi) is 4.63. The highest BCUT2D eigenvalue weighted by atomic mass is 16.2. The van der Waals surface area contributed by atoms with Crippen molar-refractivity contribution in [2.45, 2.75) is 26.8 Å². The fourth-order valence-electron chi connectivity index (χ4n) is 2.34. The van der Waals surface area contributed by atoms with E-state index < -0.39 is 0 Å². The second-order valence-corrected chi connectivity index (χ2v) is 5.60. The first-order valence-electron chi connectivity index (χ1n) is 7.10. The normalized spacial score (nSPS) is 10.4. The number of carbonyl (C=O) groups excluding carboxylic acids is 1. The molecule has 0 unspecified atom stereocenters. The number of nitrogens with two attached hydrogens (primary N) is 1. The predicted octanol–water partition coefficient (Wildman–Crippen LogP) is 3.09. The lowest BCUT2D eigenvalue weighted by Crippen LogP contribution is -2.28. The van der Waals surface area contributed by atoms with Crippen LogP contribution in [0.3, 0.4) is 0 Å². The largest absolute Gasteiger partial charge is 0.399 e. The van der Waals surface area contributed by atoms with Crippen molar-refractivity contribution in [3.05, 3.63) is 64.7 Å². The molecule has 0 aromatic heterocycles. The third kappa shape index (κ3) is 4.09. The molecule has 0 radical (unpaired) electrons. The van der Waals surface area contributed by atoms with Crippen molar-refractivity contribution >= 4 is 11.6 Å². The molecule has 2 rings (SSSR count). The summed E-state index contributed by atoms with van der Waals surface area (Å²) in [4.78, 5) is 14.1. The summed E-state index contributed by atoms with van der Waals surface area (Å²) in [5.74, 6) is 0.117. The molecule has 2 aromatic carbocycles. The molecule has 0 saturated carbocycles. The molecule has 0 heterocycles. The lowest BCUT2D eigenvalue weighted by molar-refractivity contribution is -0.129. The number of carbonyl (C=O) groups is 1. The summed E-state index contributed by atoms with van der Waals surface area (Å²) in [6, 6.07) is 13.9. The average Bonchev–Trinajstić information content (AvgIpc) is 2.43. The number of likely N-dealkylation sites (N-methyl/N-ethyl adjacent to an activating group) is 1. The fraction of sp³-hybridized carbons (Fsp3) is 0.278. The van der Waals surface area contributed by atoms with E-state index in [0.29, 0.717) is 13.0 Å². The van der Waals surface area contributed by atoms with Crippen LogP contribution in [-0.4, -0.2) is 17.9 Å². The van der Waals surface area contributed by atoms with Crippen LogP contribution in [0.25, 0.3) is 0 Å². The minimum absolute atomic E-state index is 0.117. The van der Waals surface area contributed by atoms with Gasteiger partial charge in [0.1, 0.15) is 0 Å². The van der Waals surface area contributed by atoms with E-state index in [0.717, 1.165) is 22.4 Å². The number of aryl methyl sites for hydroxylation is 2. The summed E-state index contributed by atoms with van der Waals surface area (Å²) in [5.41, 5.74) is 11.0. The maximum atomic E-state index is 12.4. The van der Waals surface area contributed by atoms with Crippen LogP contribution in [0.15, 0.2) is 42.5 Å². The molecule has 0 saturated heterocycles. The number of nitrogen functional groups attached to an aromatic ring is 1. The predicted molar refractivity (Wildman–Crippen MR) is 86.9 cm³/mol. The number of amides is 1. The summed E-state index contributed by atoms with van der Waals surface area (Å²) in [6.07, 6.45) is 0.437. The van der Waals surface area contributed by atoms with E-state index in [-0.39, 0.29) is 5.91 Å². The summed E-state index contributed by atoms with van der Waals surface area (Å²) >= 11 is 0. The van der Waals surface area contributed by atoms with Crippen molar-refractivity contribution in [3.8, 4) is 0 Å². The van der Waals surface area contributed by atoms with Crippen molar-refractivity contribution in [2.24, 2.45) is 0 Å². The third-order valence-electron chi connectivity index (χ3n) is 3.64. The van der Waals surface area contributed by atoms with Gasteiger partial charge in [-0.05, 0) is 42.7 Å². The zero-order valence-electron chi connectivity index (χ0n) is 12.9. The van der Waals surface area contributed by atoms with E-state index >= 15 is 0 Å². The summed E-state index contributed by atoms with van der Waals surface area (Å²) in [7, 11) is 1.83. The average molecular weight is 282 g/mol. The first-order chi connectivity index (χ1) is 9.95. The Labute approximate surface area is 126 Å². The monoisotopic (exact) mass is 282 g/mol. The fourth-order valence-corrected chi connectivity index (χ4v) is 2.34. The first kappa shape index (κ1) is 15.1. The van der Waals surface area contributed by atoms with E-state index in [1.54, 1.807) is 4.90 Å². The van der Waals surface area contributed by atoms with Crippen LogP contribution in [0.5, 0.6) is 0 Å². The molecule has 0 aliphatic carbocycles. The molecule has 110 valence electrons. The standard InChI is InChI=1S/C18H22N2O/c1-13-7-8-14(2)16(9-13)11-18(21)20(3)12-15-5-4-6-17(19)10-15/h4-10H,11-12,19H2,1-3H3. The Morgan fingerprint density at radius 3 is 2.62 bits per heavy atom. The van der Waals surface area contributed by atoms with Crippen molar-refractivity contribution in [1.82, 2.24) is 4.90 Å². The molecule has 0 bridgehead atoms. The van der Waals surface area contributed by atoms with Gasteiger partial charge in [0.15, 0.2) is 0 Å². The van der Waals surface area contributed by atoms with Crippen LogP contribution in [-0.2, 0) is 17.8 Å². The highest BCUT2D eigenvalue weighted by molar-refractivity contribution is 5.79.